The lowest BCUT2D eigenvalue weighted by Crippen LogP contribution is -2.49. The minimum atomic E-state index is -5.08. The Kier molecular flexibility index (Phi) is 8.51. The maximum absolute atomic E-state index is 12.7. The number of likely N-dealkylation sites (tertiary alicyclic amines) is 2. The summed E-state index contributed by atoms with van der Waals surface area (Å²) in [6.07, 6.45) is 3.56. The van der Waals surface area contributed by atoms with Gasteiger partial charge in [0.05, 0.1) is 6.54 Å². The number of ether oxygens (including phenoxy) is 1. The maximum atomic E-state index is 12.7. The lowest BCUT2D eigenvalue weighted by atomic mass is 9.71. The number of nitrogens with zero attached hydrogens (tertiary/aromatic N) is 3. The summed E-state index contributed by atoms with van der Waals surface area (Å²) in [7, 11) is 0. The van der Waals surface area contributed by atoms with Gasteiger partial charge in [-0.25, -0.2) is 9.78 Å². The van der Waals surface area contributed by atoms with Crippen LogP contribution in [0.4, 0.5) is 13.2 Å². The molecule has 180 valence electrons. The monoisotopic (exact) mass is 477 g/mol. The fourth-order valence-electron chi connectivity index (χ4n) is 4.61. The van der Waals surface area contributed by atoms with E-state index >= 15 is 0 Å². The number of rotatable bonds is 3. The van der Waals surface area contributed by atoms with Crippen LogP contribution in [0.25, 0.3) is 0 Å². The van der Waals surface area contributed by atoms with Gasteiger partial charge in [-0.15, -0.1) is 11.3 Å². The fourth-order valence-corrected chi connectivity index (χ4v) is 5.27. The van der Waals surface area contributed by atoms with Gasteiger partial charge in [-0.3, -0.25) is 9.69 Å². The molecule has 7 nitrogen and oxygen atoms in total. The Labute approximate surface area is 189 Å². The highest BCUT2D eigenvalue weighted by molar-refractivity contribution is 7.09. The second-order valence-electron chi connectivity index (χ2n) is 8.72. The molecule has 4 heterocycles. The van der Waals surface area contributed by atoms with Crippen molar-refractivity contribution in [1.29, 1.82) is 0 Å². The summed E-state index contributed by atoms with van der Waals surface area (Å²) in [6, 6.07) is 0. The van der Waals surface area contributed by atoms with Crippen molar-refractivity contribution in [2.45, 2.75) is 51.2 Å². The molecule has 0 aromatic carbocycles. The number of carbonyl (C=O) groups is 2. The first-order chi connectivity index (χ1) is 15.2. The van der Waals surface area contributed by atoms with E-state index in [0.717, 1.165) is 45.7 Å². The molecular weight excluding hydrogens is 447 g/mol. The average molecular weight is 478 g/mol. The van der Waals surface area contributed by atoms with Gasteiger partial charge in [0.2, 0.25) is 5.91 Å². The van der Waals surface area contributed by atoms with Crippen LogP contribution < -0.4 is 0 Å². The quantitative estimate of drug-likeness (QED) is 0.719. The molecule has 32 heavy (non-hydrogen) atoms. The number of halogens is 3. The van der Waals surface area contributed by atoms with Crippen LogP contribution in [0.15, 0.2) is 11.6 Å². The normalized spacial score (nSPS) is 22.3. The van der Waals surface area contributed by atoms with Crippen LogP contribution in [0.5, 0.6) is 0 Å². The highest BCUT2D eigenvalue weighted by atomic mass is 32.1. The zero-order valence-corrected chi connectivity index (χ0v) is 18.8. The second-order valence-corrected chi connectivity index (χ2v) is 9.70. The Morgan fingerprint density at radius 3 is 2.19 bits per heavy atom. The topological polar surface area (TPSA) is 83.0 Å². The van der Waals surface area contributed by atoms with Crippen molar-refractivity contribution in [2.75, 3.05) is 39.4 Å². The van der Waals surface area contributed by atoms with Crippen molar-refractivity contribution in [3.05, 3.63) is 16.6 Å². The van der Waals surface area contributed by atoms with Gasteiger partial charge in [-0.05, 0) is 57.0 Å². The smallest absolute Gasteiger partial charge is 0.475 e. The van der Waals surface area contributed by atoms with E-state index in [1.165, 1.54) is 43.8 Å². The summed E-state index contributed by atoms with van der Waals surface area (Å²) >= 11 is 1.75. The maximum Gasteiger partial charge on any atom is 0.490 e. The lowest BCUT2D eigenvalue weighted by molar-refractivity contribution is -0.192. The molecule has 0 aliphatic carbocycles. The van der Waals surface area contributed by atoms with Crippen LogP contribution >= 0.6 is 11.3 Å². The van der Waals surface area contributed by atoms with E-state index in [9.17, 15) is 18.0 Å². The summed E-state index contributed by atoms with van der Waals surface area (Å²) in [5.41, 5.74) is 0.478. The molecule has 3 saturated heterocycles. The summed E-state index contributed by atoms with van der Waals surface area (Å²) < 4.78 is 37.1. The number of amides is 1. The molecule has 0 radical (unpaired) electrons. The van der Waals surface area contributed by atoms with Crippen LogP contribution in [-0.4, -0.2) is 77.3 Å². The first-order valence-electron chi connectivity index (χ1n) is 11.0. The molecule has 11 heteroatoms. The minimum absolute atomic E-state index is 0.211. The van der Waals surface area contributed by atoms with Gasteiger partial charge in [0.1, 0.15) is 5.01 Å². The first kappa shape index (κ1) is 24.9. The van der Waals surface area contributed by atoms with Gasteiger partial charge in [-0.1, -0.05) is 0 Å². The first-order valence-corrected chi connectivity index (χ1v) is 11.8. The Morgan fingerprint density at radius 1 is 1.12 bits per heavy atom. The molecule has 1 amide bonds. The zero-order chi connectivity index (χ0) is 23.2. The molecule has 3 aliphatic heterocycles. The molecule has 3 fully saturated rings. The van der Waals surface area contributed by atoms with E-state index < -0.39 is 12.1 Å². The minimum Gasteiger partial charge on any atom is -0.475 e. The molecule has 0 bridgehead atoms. The summed E-state index contributed by atoms with van der Waals surface area (Å²) in [5, 5.41) is 10.4. The summed E-state index contributed by atoms with van der Waals surface area (Å²) in [6.45, 7) is 6.78. The predicted octanol–water partition coefficient (Wildman–Crippen LogP) is 3.41. The number of piperidine rings is 2. The third-order valence-electron chi connectivity index (χ3n) is 6.71. The van der Waals surface area contributed by atoms with Gasteiger partial charge in [0, 0.05) is 43.8 Å². The molecule has 0 saturated carbocycles. The van der Waals surface area contributed by atoms with Crippen molar-refractivity contribution < 1.29 is 32.6 Å². The Bertz CT molecular complexity index is 736. The predicted molar refractivity (Wildman–Crippen MR) is 112 cm³/mol. The Balaban J connectivity index is 0.000000360. The standard InChI is InChI=1S/C19H29N3O2S.C2HF3O2/c23-18(16-1-12-24-13-2-16)22-10-5-19(6-11-22)3-8-21(9-4-19)15-17-20-7-14-25-17;3-2(4,5)1(6)7/h7,14,16H,1-6,8-13,15H2;(H,6,7). The van der Waals surface area contributed by atoms with Gasteiger partial charge >= 0.3 is 12.1 Å². The molecule has 1 aromatic heterocycles. The largest absolute Gasteiger partial charge is 0.490 e. The third kappa shape index (κ3) is 6.89. The molecule has 1 aromatic rings. The highest BCUT2D eigenvalue weighted by Crippen LogP contribution is 2.42. The highest BCUT2D eigenvalue weighted by Gasteiger charge is 2.40. The number of alkyl halides is 3. The lowest BCUT2D eigenvalue weighted by Gasteiger charge is -2.47. The Hall–Kier alpha value is -1.72. The molecule has 1 N–H and O–H groups in total. The van der Waals surface area contributed by atoms with E-state index in [2.05, 4.69) is 20.2 Å². The van der Waals surface area contributed by atoms with Crippen molar-refractivity contribution in [2.24, 2.45) is 11.3 Å². The number of aliphatic carboxylic acids is 1. The van der Waals surface area contributed by atoms with Gasteiger partial charge in [-0.2, -0.15) is 13.2 Å². The SMILES string of the molecule is O=C(C1CCOCC1)N1CCC2(CCN(Cc3nccs3)CC2)CC1.O=C(O)C(F)(F)F. The van der Waals surface area contributed by atoms with E-state index in [0.29, 0.717) is 11.3 Å². The zero-order valence-electron chi connectivity index (χ0n) is 18.0. The number of hydrogen-bond acceptors (Lipinski definition) is 6. The van der Waals surface area contributed by atoms with Crippen LogP contribution in [-0.2, 0) is 20.9 Å². The van der Waals surface area contributed by atoms with Crippen molar-refractivity contribution in [1.82, 2.24) is 14.8 Å². The molecule has 4 rings (SSSR count). The van der Waals surface area contributed by atoms with Crippen LogP contribution in [0.2, 0.25) is 0 Å². The van der Waals surface area contributed by atoms with E-state index in [4.69, 9.17) is 14.6 Å². The van der Waals surface area contributed by atoms with Gasteiger partial charge < -0.3 is 14.7 Å². The van der Waals surface area contributed by atoms with E-state index in [-0.39, 0.29) is 5.92 Å². The number of aromatic nitrogens is 1. The second kappa shape index (κ2) is 10.9. The molecule has 0 atom stereocenters. The number of thiazole rings is 1. The van der Waals surface area contributed by atoms with Crippen LogP contribution in [0, 0.1) is 11.3 Å². The van der Waals surface area contributed by atoms with Crippen LogP contribution in [0.3, 0.4) is 0 Å². The van der Waals surface area contributed by atoms with Crippen LogP contribution in [0.1, 0.15) is 43.5 Å². The van der Waals surface area contributed by atoms with Crippen molar-refractivity contribution in [3.8, 4) is 0 Å². The van der Waals surface area contributed by atoms with E-state index in [1.807, 2.05) is 6.20 Å². The van der Waals surface area contributed by atoms with Gasteiger partial charge in [0.15, 0.2) is 0 Å². The number of carbonyl (C=O) groups excluding carboxylic acids is 1. The molecule has 3 aliphatic rings. The summed E-state index contributed by atoms with van der Waals surface area (Å²) in [5.74, 6) is -2.16. The molecule has 1 spiro atoms. The Morgan fingerprint density at radius 2 is 1.69 bits per heavy atom. The van der Waals surface area contributed by atoms with Crippen molar-refractivity contribution in [3.63, 3.8) is 0 Å². The third-order valence-corrected chi connectivity index (χ3v) is 7.47. The fraction of sp³-hybridized carbons (Fsp3) is 0.762. The molecular formula is C21H30F3N3O4S. The number of hydrogen-bond donors (Lipinski definition) is 1. The van der Waals surface area contributed by atoms with Crippen molar-refractivity contribution >= 4 is 23.2 Å². The molecule has 0 unspecified atom stereocenters. The number of carboxylic acids is 1. The van der Waals surface area contributed by atoms with E-state index in [1.54, 1.807) is 11.3 Å². The average Bonchev–Trinajstić information content (AvgIpc) is 3.29. The summed E-state index contributed by atoms with van der Waals surface area (Å²) in [4.78, 5) is 30.7. The van der Waals surface area contributed by atoms with Gasteiger partial charge in [0.25, 0.3) is 0 Å². The number of carboxylic acid groups (broad SMARTS) is 1.